The van der Waals surface area contributed by atoms with Crippen molar-refractivity contribution >= 4 is 22.6 Å². The van der Waals surface area contributed by atoms with Crippen molar-refractivity contribution in [3.8, 4) is 11.4 Å². The van der Waals surface area contributed by atoms with Crippen LogP contribution in [0.4, 0.5) is 4.39 Å². The molecular formula is C16H14ClFN2O. The molecule has 1 aromatic heterocycles. The number of para-hydroxylation sites is 2. The number of methoxy groups -OCH3 is 1. The maximum absolute atomic E-state index is 13.6. The van der Waals surface area contributed by atoms with Gasteiger partial charge in [-0.2, -0.15) is 0 Å². The van der Waals surface area contributed by atoms with Gasteiger partial charge < -0.3 is 4.74 Å². The summed E-state index contributed by atoms with van der Waals surface area (Å²) in [7, 11) is 1.44. The Morgan fingerprint density at radius 2 is 2.00 bits per heavy atom. The Morgan fingerprint density at radius 1 is 1.24 bits per heavy atom. The van der Waals surface area contributed by atoms with E-state index in [-0.39, 0.29) is 11.1 Å². The van der Waals surface area contributed by atoms with Crippen LogP contribution in [0, 0.1) is 5.82 Å². The smallest absolute Gasteiger partial charge is 0.165 e. The largest absolute Gasteiger partial charge is 0.494 e. The minimum atomic E-state index is -0.397. The summed E-state index contributed by atoms with van der Waals surface area (Å²) >= 11 is 6.25. The van der Waals surface area contributed by atoms with Gasteiger partial charge in [0.1, 0.15) is 5.82 Å². The van der Waals surface area contributed by atoms with Crippen molar-refractivity contribution in [2.24, 2.45) is 0 Å². The average molecular weight is 305 g/mol. The van der Waals surface area contributed by atoms with E-state index in [1.807, 2.05) is 35.8 Å². The van der Waals surface area contributed by atoms with Crippen molar-refractivity contribution in [2.75, 3.05) is 7.11 Å². The van der Waals surface area contributed by atoms with Gasteiger partial charge in [-0.1, -0.05) is 12.1 Å². The number of rotatable bonds is 3. The predicted octanol–water partition coefficient (Wildman–Crippen LogP) is 4.47. The number of fused-ring (bicyclic) bond motifs is 1. The Balaban J connectivity index is 2.30. The van der Waals surface area contributed by atoms with Gasteiger partial charge in [0, 0.05) is 6.07 Å². The second kappa shape index (κ2) is 5.37. The summed E-state index contributed by atoms with van der Waals surface area (Å²) in [5.41, 5.74) is 2.54. The van der Waals surface area contributed by atoms with E-state index in [0.29, 0.717) is 5.82 Å². The molecule has 0 spiro atoms. The van der Waals surface area contributed by atoms with Crippen LogP contribution in [0.5, 0.6) is 5.75 Å². The van der Waals surface area contributed by atoms with E-state index in [4.69, 9.17) is 16.3 Å². The van der Waals surface area contributed by atoms with Gasteiger partial charge in [0.15, 0.2) is 11.6 Å². The van der Waals surface area contributed by atoms with E-state index in [1.165, 1.54) is 13.2 Å². The number of imidazole rings is 1. The molecule has 2 aromatic carbocycles. The van der Waals surface area contributed by atoms with Crippen molar-refractivity contribution < 1.29 is 9.13 Å². The van der Waals surface area contributed by atoms with Crippen molar-refractivity contribution in [1.82, 2.24) is 9.55 Å². The van der Waals surface area contributed by atoms with Crippen LogP contribution >= 0.6 is 11.6 Å². The summed E-state index contributed by atoms with van der Waals surface area (Å²) in [6.07, 6.45) is 0. The van der Waals surface area contributed by atoms with Gasteiger partial charge in [-0.15, -0.1) is 11.6 Å². The van der Waals surface area contributed by atoms with Crippen LogP contribution < -0.4 is 4.74 Å². The average Bonchev–Trinajstić information content (AvgIpc) is 2.87. The normalized spacial score (nSPS) is 12.6. The van der Waals surface area contributed by atoms with Gasteiger partial charge in [-0.3, -0.25) is 4.57 Å². The SMILES string of the molecule is COc1cc(-n2c(C(C)Cl)nc3ccccc32)ccc1F. The number of ether oxygens (including phenoxy) is 1. The number of benzene rings is 2. The third-order valence-electron chi connectivity index (χ3n) is 3.34. The number of halogens is 2. The lowest BCUT2D eigenvalue weighted by atomic mass is 10.2. The first kappa shape index (κ1) is 13.9. The zero-order chi connectivity index (χ0) is 15.0. The van der Waals surface area contributed by atoms with Gasteiger partial charge in [0.2, 0.25) is 0 Å². The highest BCUT2D eigenvalue weighted by molar-refractivity contribution is 6.20. The van der Waals surface area contributed by atoms with Gasteiger partial charge in [-0.25, -0.2) is 9.37 Å². The van der Waals surface area contributed by atoms with Crippen molar-refractivity contribution in [2.45, 2.75) is 12.3 Å². The number of hydrogen-bond donors (Lipinski definition) is 0. The Hall–Kier alpha value is -2.07. The molecule has 0 N–H and O–H groups in total. The fourth-order valence-electron chi connectivity index (χ4n) is 2.37. The van der Waals surface area contributed by atoms with Crippen LogP contribution in [-0.2, 0) is 0 Å². The van der Waals surface area contributed by atoms with E-state index in [0.717, 1.165) is 16.7 Å². The highest BCUT2D eigenvalue weighted by atomic mass is 35.5. The molecule has 0 fully saturated rings. The van der Waals surface area contributed by atoms with Crippen LogP contribution in [0.15, 0.2) is 42.5 Å². The molecule has 1 heterocycles. The highest BCUT2D eigenvalue weighted by Gasteiger charge is 2.17. The molecular weight excluding hydrogens is 291 g/mol. The van der Waals surface area contributed by atoms with Crippen LogP contribution in [0.25, 0.3) is 16.7 Å². The van der Waals surface area contributed by atoms with Crippen LogP contribution in [-0.4, -0.2) is 16.7 Å². The lowest BCUT2D eigenvalue weighted by Gasteiger charge is -2.12. The molecule has 0 aliphatic rings. The first-order valence-electron chi connectivity index (χ1n) is 6.57. The third-order valence-corrected chi connectivity index (χ3v) is 3.53. The molecule has 0 saturated heterocycles. The first-order valence-corrected chi connectivity index (χ1v) is 7.01. The summed E-state index contributed by atoms with van der Waals surface area (Å²) < 4.78 is 20.6. The summed E-state index contributed by atoms with van der Waals surface area (Å²) in [5.74, 6) is 0.510. The summed E-state index contributed by atoms with van der Waals surface area (Å²) in [5, 5.41) is -0.270. The fourth-order valence-corrected chi connectivity index (χ4v) is 2.52. The zero-order valence-electron chi connectivity index (χ0n) is 11.7. The molecule has 108 valence electrons. The molecule has 0 aliphatic heterocycles. The summed E-state index contributed by atoms with van der Waals surface area (Å²) in [6.45, 7) is 1.86. The van der Waals surface area contributed by atoms with E-state index in [2.05, 4.69) is 4.98 Å². The van der Waals surface area contributed by atoms with Crippen LogP contribution in [0.3, 0.4) is 0 Å². The second-order valence-electron chi connectivity index (χ2n) is 4.73. The van der Waals surface area contributed by atoms with Gasteiger partial charge in [0.05, 0.1) is 29.2 Å². The predicted molar refractivity (Wildman–Crippen MR) is 81.8 cm³/mol. The summed E-state index contributed by atoms with van der Waals surface area (Å²) in [6, 6.07) is 12.5. The van der Waals surface area contributed by atoms with Gasteiger partial charge >= 0.3 is 0 Å². The standard InChI is InChI=1S/C16H14ClFN2O/c1-10(17)16-19-13-5-3-4-6-14(13)20(16)11-7-8-12(18)15(9-11)21-2/h3-10H,1-2H3. The number of nitrogens with zero attached hydrogens (tertiary/aromatic N) is 2. The maximum atomic E-state index is 13.6. The van der Waals surface area contributed by atoms with Crippen molar-refractivity contribution in [1.29, 1.82) is 0 Å². The molecule has 21 heavy (non-hydrogen) atoms. The Labute approximate surface area is 126 Å². The lowest BCUT2D eigenvalue weighted by molar-refractivity contribution is 0.386. The Bertz CT molecular complexity index is 798. The molecule has 5 heteroatoms. The monoisotopic (exact) mass is 304 g/mol. The van der Waals surface area contributed by atoms with Crippen LogP contribution in [0.1, 0.15) is 18.1 Å². The van der Waals surface area contributed by atoms with E-state index in [9.17, 15) is 4.39 Å². The molecule has 3 nitrogen and oxygen atoms in total. The zero-order valence-corrected chi connectivity index (χ0v) is 12.4. The molecule has 3 rings (SSSR count). The fraction of sp³-hybridized carbons (Fsp3) is 0.188. The van der Waals surface area contributed by atoms with Crippen LogP contribution in [0.2, 0.25) is 0 Å². The quantitative estimate of drug-likeness (QED) is 0.667. The van der Waals surface area contributed by atoms with E-state index in [1.54, 1.807) is 12.1 Å². The molecule has 0 bridgehead atoms. The maximum Gasteiger partial charge on any atom is 0.165 e. The van der Waals surface area contributed by atoms with Crippen molar-refractivity contribution in [3.63, 3.8) is 0 Å². The minimum absolute atomic E-state index is 0.193. The topological polar surface area (TPSA) is 27.1 Å². The molecule has 1 unspecified atom stereocenters. The molecule has 0 radical (unpaired) electrons. The number of hydrogen-bond acceptors (Lipinski definition) is 2. The van der Waals surface area contributed by atoms with Gasteiger partial charge in [0.25, 0.3) is 0 Å². The summed E-state index contributed by atoms with van der Waals surface area (Å²) in [4.78, 5) is 4.56. The molecule has 3 aromatic rings. The van der Waals surface area contributed by atoms with Crippen molar-refractivity contribution in [3.05, 3.63) is 54.1 Å². The third kappa shape index (κ3) is 2.36. The molecule has 0 saturated carbocycles. The van der Waals surface area contributed by atoms with E-state index < -0.39 is 5.82 Å². The number of aromatic nitrogens is 2. The number of alkyl halides is 1. The van der Waals surface area contributed by atoms with E-state index >= 15 is 0 Å². The first-order chi connectivity index (χ1) is 10.1. The molecule has 0 amide bonds. The Morgan fingerprint density at radius 3 is 2.71 bits per heavy atom. The lowest BCUT2D eigenvalue weighted by Crippen LogP contribution is -2.02. The second-order valence-corrected chi connectivity index (χ2v) is 5.38. The minimum Gasteiger partial charge on any atom is -0.494 e. The molecule has 0 aliphatic carbocycles. The Kier molecular flexibility index (Phi) is 3.55. The molecule has 1 atom stereocenters. The highest BCUT2D eigenvalue weighted by Crippen LogP contribution is 2.30. The van der Waals surface area contributed by atoms with Gasteiger partial charge in [-0.05, 0) is 31.2 Å².